The normalized spacial score (nSPS) is 12.3. The van der Waals surface area contributed by atoms with Gasteiger partial charge in [-0.25, -0.2) is 0 Å². The SMILES string of the molecule is c1ccc2c(c1)ccc1cccc(-n3ccc4c5cc(-n6c7ccccc7c7ccccc76)ccc5c5c(ccn5-c5cccc6c5sc5ccccc56)c43)c12. The Balaban J connectivity index is 1.18. The number of rotatable bonds is 3. The molecule has 0 saturated heterocycles. The van der Waals surface area contributed by atoms with Crippen LogP contribution in [0, 0.1) is 0 Å². The number of benzene rings is 9. The molecule has 9 aromatic carbocycles. The van der Waals surface area contributed by atoms with Gasteiger partial charge in [0, 0.05) is 65.9 Å². The summed E-state index contributed by atoms with van der Waals surface area (Å²) in [6.45, 7) is 0. The maximum absolute atomic E-state index is 2.45. The van der Waals surface area contributed by atoms with Crippen LogP contribution in [0.1, 0.15) is 0 Å². The standard InChI is InChI=1S/C52H31N3S/c1-2-13-35-32(11-1)23-24-33-12-9-20-46(49(33)35)53-29-27-40-43-31-34(55-44-18-6-3-14-36(44)37-15-4-7-19-45(37)55)25-26-39(43)50-42(51(40)53)28-30-54(50)47-21-10-17-41-38-16-5-8-22-48(38)56-52(41)47/h1-31H. The smallest absolute Gasteiger partial charge is 0.0634 e. The van der Waals surface area contributed by atoms with Gasteiger partial charge in [0.1, 0.15) is 0 Å². The molecule has 4 aromatic heterocycles. The third kappa shape index (κ3) is 4.01. The summed E-state index contributed by atoms with van der Waals surface area (Å²) >= 11 is 1.88. The third-order valence-corrected chi connectivity index (χ3v) is 13.3. The molecule has 0 N–H and O–H groups in total. The lowest BCUT2D eigenvalue weighted by molar-refractivity contribution is 1.15. The van der Waals surface area contributed by atoms with Crippen LogP contribution < -0.4 is 0 Å². The molecule has 4 heteroatoms. The first kappa shape index (κ1) is 30.2. The van der Waals surface area contributed by atoms with Gasteiger partial charge in [-0.2, -0.15) is 0 Å². The summed E-state index contributed by atoms with van der Waals surface area (Å²) < 4.78 is 9.95. The van der Waals surface area contributed by atoms with Gasteiger partial charge in [0.15, 0.2) is 0 Å². The quantitative estimate of drug-likeness (QED) is 0.161. The van der Waals surface area contributed by atoms with Gasteiger partial charge in [0.2, 0.25) is 0 Å². The average Bonchev–Trinajstić information content (AvgIpc) is 4.05. The van der Waals surface area contributed by atoms with E-state index in [0.29, 0.717) is 0 Å². The van der Waals surface area contributed by atoms with Gasteiger partial charge in [-0.3, -0.25) is 0 Å². The molecule has 13 rings (SSSR count). The molecule has 0 spiro atoms. The highest BCUT2D eigenvalue weighted by molar-refractivity contribution is 7.26. The van der Waals surface area contributed by atoms with E-state index in [1.165, 1.54) is 107 Å². The van der Waals surface area contributed by atoms with Crippen molar-refractivity contribution in [1.29, 1.82) is 0 Å². The summed E-state index contributed by atoms with van der Waals surface area (Å²) in [5.74, 6) is 0. The predicted molar refractivity (Wildman–Crippen MR) is 240 cm³/mol. The highest BCUT2D eigenvalue weighted by Crippen LogP contribution is 2.44. The fraction of sp³-hybridized carbons (Fsp3) is 0. The lowest BCUT2D eigenvalue weighted by Gasteiger charge is -2.16. The first-order valence-corrected chi connectivity index (χ1v) is 20.0. The minimum absolute atomic E-state index is 1.16. The molecule has 0 amide bonds. The van der Waals surface area contributed by atoms with Gasteiger partial charge in [0.05, 0.1) is 38.1 Å². The molecule has 0 atom stereocenters. The fourth-order valence-electron chi connectivity index (χ4n) is 9.69. The Hall–Kier alpha value is -7.14. The largest absolute Gasteiger partial charge is 0.315 e. The molecule has 0 aliphatic rings. The van der Waals surface area contributed by atoms with E-state index in [2.05, 4.69) is 202 Å². The highest BCUT2D eigenvalue weighted by atomic mass is 32.1. The second-order valence-electron chi connectivity index (χ2n) is 14.9. The van der Waals surface area contributed by atoms with E-state index in [-0.39, 0.29) is 0 Å². The highest BCUT2D eigenvalue weighted by Gasteiger charge is 2.21. The monoisotopic (exact) mass is 729 g/mol. The van der Waals surface area contributed by atoms with Gasteiger partial charge in [-0.05, 0) is 76.1 Å². The number of hydrogen-bond acceptors (Lipinski definition) is 1. The van der Waals surface area contributed by atoms with Crippen molar-refractivity contribution in [2.75, 3.05) is 0 Å². The minimum Gasteiger partial charge on any atom is -0.315 e. The molecular formula is C52H31N3S. The molecule has 13 aromatic rings. The lowest BCUT2D eigenvalue weighted by atomic mass is 9.99. The topological polar surface area (TPSA) is 14.8 Å². The molecule has 0 aliphatic heterocycles. The Kier molecular flexibility index (Phi) is 6.04. The van der Waals surface area contributed by atoms with Crippen molar-refractivity contribution in [3.63, 3.8) is 0 Å². The number of aromatic nitrogens is 3. The zero-order valence-corrected chi connectivity index (χ0v) is 31.0. The van der Waals surface area contributed by atoms with Crippen LogP contribution in [-0.2, 0) is 0 Å². The first-order valence-electron chi connectivity index (χ1n) is 19.2. The van der Waals surface area contributed by atoms with E-state index in [0.717, 1.165) is 5.69 Å². The van der Waals surface area contributed by atoms with Crippen molar-refractivity contribution in [2.45, 2.75) is 0 Å². The molecule has 0 saturated carbocycles. The van der Waals surface area contributed by atoms with Gasteiger partial charge in [-0.1, -0.05) is 121 Å². The van der Waals surface area contributed by atoms with Crippen LogP contribution in [0.5, 0.6) is 0 Å². The molecule has 56 heavy (non-hydrogen) atoms. The van der Waals surface area contributed by atoms with Crippen molar-refractivity contribution in [3.8, 4) is 17.1 Å². The van der Waals surface area contributed by atoms with Crippen molar-refractivity contribution >= 4 is 107 Å². The molecule has 0 fully saturated rings. The summed E-state index contributed by atoms with van der Waals surface area (Å²) in [6.07, 6.45) is 4.58. The number of hydrogen-bond donors (Lipinski definition) is 0. The van der Waals surface area contributed by atoms with Crippen LogP contribution in [0.25, 0.3) is 113 Å². The molecule has 0 unspecified atom stereocenters. The Morgan fingerprint density at radius 3 is 1.77 bits per heavy atom. The van der Waals surface area contributed by atoms with Crippen LogP contribution in [0.3, 0.4) is 0 Å². The summed E-state index contributed by atoms with van der Waals surface area (Å²) in [6, 6.07) is 64.9. The van der Waals surface area contributed by atoms with Gasteiger partial charge >= 0.3 is 0 Å². The van der Waals surface area contributed by atoms with Crippen LogP contribution in [0.2, 0.25) is 0 Å². The Labute approximate surface area is 325 Å². The van der Waals surface area contributed by atoms with Crippen molar-refractivity contribution in [3.05, 3.63) is 188 Å². The second kappa shape index (κ2) is 11.2. The van der Waals surface area contributed by atoms with Crippen LogP contribution in [0.4, 0.5) is 0 Å². The van der Waals surface area contributed by atoms with Gasteiger partial charge in [0.25, 0.3) is 0 Å². The van der Waals surface area contributed by atoms with Crippen molar-refractivity contribution in [2.24, 2.45) is 0 Å². The van der Waals surface area contributed by atoms with Crippen LogP contribution in [0.15, 0.2) is 188 Å². The Bertz CT molecular complexity index is 3720. The lowest BCUT2D eigenvalue weighted by Crippen LogP contribution is -1.98. The summed E-state index contributed by atoms with van der Waals surface area (Å²) in [5, 5.41) is 15.1. The van der Waals surface area contributed by atoms with Crippen LogP contribution in [-0.4, -0.2) is 13.7 Å². The van der Waals surface area contributed by atoms with Gasteiger partial charge in [-0.15, -0.1) is 11.3 Å². The molecular weight excluding hydrogens is 699 g/mol. The predicted octanol–water partition coefficient (Wildman–Crippen LogP) is 14.5. The summed E-state index contributed by atoms with van der Waals surface area (Å²) in [5.41, 5.74) is 8.42. The number of fused-ring (bicyclic) bond motifs is 15. The maximum atomic E-state index is 2.45. The van der Waals surface area contributed by atoms with Crippen molar-refractivity contribution < 1.29 is 0 Å². The van der Waals surface area contributed by atoms with E-state index in [1.807, 2.05) is 11.3 Å². The zero-order chi connectivity index (χ0) is 36.5. The molecule has 0 bridgehead atoms. The Morgan fingerprint density at radius 2 is 0.946 bits per heavy atom. The average molecular weight is 730 g/mol. The fourth-order valence-corrected chi connectivity index (χ4v) is 10.9. The molecule has 0 radical (unpaired) electrons. The van der Waals surface area contributed by atoms with E-state index in [9.17, 15) is 0 Å². The Morgan fingerprint density at radius 1 is 0.357 bits per heavy atom. The summed E-state index contributed by atoms with van der Waals surface area (Å²) in [4.78, 5) is 0. The van der Waals surface area contributed by atoms with E-state index >= 15 is 0 Å². The third-order valence-electron chi connectivity index (χ3n) is 12.1. The molecule has 3 nitrogen and oxygen atoms in total. The second-order valence-corrected chi connectivity index (χ2v) is 16.0. The minimum atomic E-state index is 1.16. The maximum Gasteiger partial charge on any atom is 0.0634 e. The number of nitrogens with zero attached hydrogens (tertiary/aromatic N) is 3. The zero-order valence-electron chi connectivity index (χ0n) is 30.1. The van der Waals surface area contributed by atoms with E-state index in [4.69, 9.17) is 0 Å². The number of para-hydroxylation sites is 2. The van der Waals surface area contributed by atoms with Gasteiger partial charge < -0.3 is 13.7 Å². The van der Waals surface area contributed by atoms with E-state index in [1.54, 1.807) is 0 Å². The molecule has 260 valence electrons. The number of thiophene rings is 1. The molecule has 4 heterocycles. The molecule has 0 aliphatic carbocycles. The summed E-state index contributed by atoms with van der Waals surface area (Å²) in [7, 11) is 0. The van der Waals surface area contributed by atoms with Crippen LogP contribution >= 0.6 is 11.3 Å². The first-order chi connectivity index (χ1) is 27.8. The van der Waals surface area contributed by atoms with Crippen molar-refractivity contribution in [1.82, 2.24) is 13.7 Å². The van der Waals surface area contributed by atoms with E-state index < -0.39 is 0 Å².